The molecule has 0 aromatic carbocycles. The van der Waals surface area contributed by atoms with Gasteiger partial charge in [-0.3, -0.25) is 4.79 Å². The lowest BCUT2D eigenvalue weighted by Crippen LogP contribution is -2.35. The number of hydrogen-bond donors (Lipinski definition) is 2. The highest BCUT2D eigenvalue weighted by molar-refractivity contribution is 7.91. The van der Waals surface area contributed by atoms with Gasteiger partial charge in [0.2, 0.25) is 0 Å². The van der Waals surface area contributed by atoms with E-state index in [-0.39, 0.29) is 34.0 Å². The summed E-state index contributed by atoms with van der Waals surface area (Å²) in [4.78, 5) is 15.6. The molecule has 1 aromatic heterocycles. The highest BCUT2D eigenvalue weighted by Gasteiger charge is 2.29. The number of anilines is 1. The van der Waals surface area contributed by atoms with E-state index in [1.165, 1.54) is 12.3 Å². The van der Waals surface area contributed by atoms with Crippen LogP contribution in [0.4, 0.5) is 5.82 Å². The average molecular weight is 290 g/mol. The smallest absolute Gasteiger partial charge is 0.253 e. The van der Waals surface area contributed by atoms with Gasteiger partial charge in [0, 0.05) is 12.2 Å². The van der Waals surface area contributed by atoms with Crippen LogP contribution in [0, 0.1) is 0 Å². The molecule has 1 saturated heterocycles. The van der Waals surface area contributed by atoms with Gasteiger partial charge in [-0.2, -0.15) is 0 Å². The fourth-order valence-electron chi connectivity index (χ4n) is 1.75. The molecule has 1 fully saturated rings. The van der Waals surface area contributed by atoms with Crippen molar-refractivity contribution in [2.45, 2.75) is 12.5 Å². The van der Waals surface area contributed by atoms with Crippen LogP contribution in [-0.2, 0) is 9.84 Å². The van der Waals surface area contributed by atoms with Gasteiger partial charge in [0.05, 0.1) is 22.1 Å². The van der Waals surface area contributed by atoms with Crippen molar-refractivity contribution in [1.29, 1.82) is 0 Å². The number of hydrogen-bond acceptors (Lipinski definition) is 5. The van der Waals surface area contributed by atoms with Crippen molar-refractivity contribution >= 4 is 33.2 Å². The molecule has 8 heteroatoms. The Kier molecular flexibility index (Phi) is 3.45. The normalized spacial score (nSPS) is 21.7. The number of amides is 1. The van der Waals surface area contributed by atoms with Crippen LogP contribution in [0.1, 0.15) is 16.8 Å². The largest absolute Gasteiger partial charge is 0.382 e. The number of aromatic nitrogens is 1. The van der Waals surface area contributed by atoms with E-state index in [1.54, 1.807) is 0 Å². The highest BCUT2D eigenvalue weighted by atomic mass is 35.5. The summed E-state index contributed by atoms with van der Waals surface area (Å²) >= 11 is 5.76. The Labute approximate surface area is 109 Å². The predicted octanol–water partition coefficient (Wildman–Crippen LogP) is 0.234. The van der Waals surface area contributed by atoms with Gasteiger partial charge in [0.15, 0.2) is 9.84 Å². The van der Waals surface area contributed by atoms with Crippen LogP contribution in [0.5, 0.6) is 0 Å². The number of nitrogens with one attached hydrogen (secondary N) is 1. The van der Waals surface area contributed by atoms with E-state index < -0.39 is 15.7 Å². The summed E-state index contributed by atoms with van der Waals surface area (Å²) in [6.45, 7) is 0. The van der Waals surface area contributed by atoms with Gasteiger partial charge in [-0.15, -0.1) is 0 Å². The van der Waals surface area contributed by atoms with E-state index in [2.05, 4.69) is 10.3 Å². The summed E-state index contributed by atoms with van der Waals surface area (Å²) in [5, 5.41) is 2.84. The molecule has 1 aliphatic heterocycles. The molecule has 1 amide bonds. The lowest BCUT2D eigenvalue weighted by atomic mass is 10.2. The quantitative estimate of drug-likeness (QED) is 0.811. The van der Waals surface area contributed by atoms with Crippen LogP contribution >= 0.6 is 11.6 Å². The van der Waals surface area contributed by atoms with Gasteiger partial charge < -0.3 is 11.1 Å². The van der Waals surface area contributed by atoms with E-state index in [1.807, 2.05) is 0 Å². The summed E-state index contributed by atoms with van der Waals surface area (Å²) in [5.74, 6) is -0.156. The van der Waals surface area contributed by atoms with Crippen LogP contribution in [0.2, 0.25) is 5.02 Å². The van der Waals surface area contributed by atoms with E-state index in [0.29, 0.717) is 6.42 Å². The third kappa shape index (κ3) is 2.91. The first kappa shape index (κ1) is 13.1. The third-order valence-corrected chi connectivity index (χ3v) is 4.77. The summed E-state index contributed by atoms with van der Waals surface area (Å²) < 4.78 is 22.5. The first-order chi connectivity index (χ1) is 8.37. The number of nitrogens with two attached hydrogens (primary N) is 1. The second-order valence-corrected chi connectivity index (χ2v) is 6.80. The number of carbonyl (C=O) groups is 1. The Morgan fingerprint density at radius 1 is 1.56 bits per heavy atom. The first-order valence-corrected chi connectivity index (χ1v) is 7.49. The summed E-state index contributed by atoms with van der Waals surface area (Å²) in [5.41, 5.74) is 5.70. The van der Waals surface area contributed by atoms with Crippen molar-refractivity contribution in [2.75, 3.05) is 17.2 Å². The number of carbonyl (C=O) groups excluding carboxylic acids is 1. The lowest BCUT2D eigenvalue weighted by molar-refractivity contribution is 0.0941. The fourth-order valence-corrected chi connectivity index (χ4v) is 3.59. The minimum atomic E-state index is -3.01. The number of pyridine rings is 1. The van der Waals surface area contributed by atoms with E-state index >= 15 is 0 Å². The second-order valence-electron chi connectivity index (χ2n) is 4.16. The Hall–Kier alpha value is -1.34. The van der Waals surface area contributed by atoms with Crippen molar-refractivity contribution in [1.82, 2.24) is 10.3 Å². The maximum atomic E-state index is 11.8. The standard InChI is InChI=1S/C10H12ClN3O3S/c11-8-3-6(4-13-9(8)12)10(15)14-7-1-2-18(16,17)5-7/h3-4,7H,1-2,5H2,(H2,12,13)(H,14,15). The Morgan fingerprint density at radius 3 is 2.83 bits per heavy atom. The zero-order valence-corrected chi connectivity index (χ0v) is 11.0. The van der Waals surface area contributed by atoms with Crippen molar-refractivity contribution in [3.05, 3.63) is 22.8 Å². The van der Waals surface area contributed by atoms with Crippen molar-refractivity contribution in [2.24, 2.45) is 0 Å². The van der Waals surface area contributed by atoms with Gasteiger partial charge in [-0.05, 0) is 12.5 Å². The predicted molar refractivity (Wildman–Crippen MR) is 68.2 cm³/mol. The van der Waals surface area contributed by atoms with Crippen LogP contribution in [0.15, 0.2) is 12.3 Å². The van der Waals surface area contributed by atoms with Gasteiger partial charge in [-0.1, -0.05) is 11.6 Å². The minimum Gasteiger partial charge on any atom is -0.382 e. The van der Waals surface area contributed by atoms with Crippen LogP contribution < -0.4 is 11.1 Å². The summed E-state index contributed by atoms with van der Waals surface area (Å²) in [6.07, 6.45) is 1.74. The molecule has 0 spiro atoms. The SMILES string of the molecule is Nc1ncc(C(=O)NC2CCS(=O)(=O)C2)cc1Cl. The van der Waals surface area contributed by atoms with Gasteiger partial charge in [0.1, 0.15) is 5.82 Å². The molecule has 6 nitrogen and oxygen atoms in total. The highest BCUT2D eigenvalue weighted by Crippen LogP contribution is 2.17. The average Bonchev–Trinajstić information content (AvgIpc) is 2.62. The number of nitrogen functional groups attached to an aromatic ring is 1. The molecule has 1 unspecified atom stereocenters. The molecule has 0 bridgehead atoms. The molecule has 0 aliphatic carbocycles. The molecule has 98 valence electrons. The van der Waals surface area contributed by atoms with Crippen molar-refractivity contribution < 1.29 is 13.2 Å². The first-order valence-electron chi connectivity index (χ1n) is 5.30. The Balaban J connectivity index is 2.06. The molecule has 0 radical (unpaired) electrons. The molecule has 2 heterocycles. The number of halogens is 1. The van der Waals surface area contributed by atoms with Gasteiger partial charge in [-0.25, -0.2) is 13.4 Å². The van der Waals surface area contributed by atoms with Gasteiger partial charge >= 0.3 is 0 Å². The van der Waals surface area contributed by atoms with Crippen LogP contribution in [0.25, 0.3) is 0 Å². The molecule has 2 rings (SSSR count). The van der Waals surface area contributed by atoms with Crippen molar-refractivity contribution in [3.63, 3.8) is 0 Å². The van der Waals surface area contributed by atoms with Crippen LogP contribution in [0.3, 0.4) is 0 Å². The Morgan fingerprint density at radius 2 is 2.28 bits per heavy atom. The molecule has 1 atom stereocenters. The lowest BCUT2D eigenvalue weighted by Gasteiger charge is -2.10. The van der Waals surface area contributed by atoms with E-state index in [4.69, 9.17) is 17.3 Å². The molecule has 3 N–H and O–H groups in total. The molecule has 18 heavy (non-hydrogen) atoms. The van der Waals surface area contributed by atoms with E-state index in [0.717, 1.165) is 0 Å². The zero-order valence-electron chi connectivity index (χ0n) is 9.39. The molecule has 0 saturated carbocycles. The number of nitrogens with zero attached hydrogens (tertiary/aromatic N) is 1. The maximum absolute atomic E-state index is 11.8. The fraction of sp³-hybridized carbons (Fsp3) is 0.400. The molecule has 1 aliphatic rings. The molecule has 1 aromatic rings. The molecular formula is C10H12ClN3O3S. The van der Waals surface area contributed by atoms with E-state index in [9.17, 15) is 13.2 Å². The topological polar surface area (TPSA) is 102 Å². The Bertz CT molecular complexity index is 588. The summed E-state index contributed by atoms with van der Waals surface area (Å²) in [7, 11) is -3.01. The number of rotatable bonds is 2. The van der Waals surface area contributed by atoms with Crippen LogP contribution in [-0.4, -0.2) is 36.9 Å². The van der Waals surface area contributed by atoms with Crippen molar-refractivity contribution in [3.8, 4) is 0 Å². The summed E-state index contributed by atoms with van der Waals surface area (Å²) in [6, 6.07) is 1.06. The molecular weight excluding hydrogens is 278 g/mol. The zero-order chi connectivity index (χ0) is 13.3. The maximum Gasteiger partial charge on any atom is 0.253 e. The third-order valence-electron chi connectivity index (χ3n) is 2.70. The monoisotopic (exact) mass is 289 g/mol. The van der Waals surface area contributed by atoms with Gasteiger partial charge in [0.25, 0.3) is 5.91 Å². The second kappa shape index (κ2) is 4.74. The number of sulfone groups is 1. The minimum absolute atomic E-state index is 0.0190.